The summed E-state index contributed by atoms with van der Waals surface area (Å²) < 4.78 is 4.92. The van der Waals surface area contributed by atoms with Crippen LogP contribution in [0, 0.1) is 13.8 Å². The highest BCUT2D eigenvalue weighted by Gasteiger charge is 2.48. The van der Waals surface area contributed by atoms with E-state index in [1.54, 1.807) is 13.2 Å². The molecule has 27 heavy (non-hydrogen) atoms. The van der Waals surface area contributed by atoms with Crippen molar-refractivity contribution in [2.75, 3.05) is 31.7 Å². The van der Waals surface area contributed by atoms with Gasteiger partial charge in [0, 0.05) is 13.7 Å². The van der Waals surface area contributed by atoms with E-state index in [9.17, 15) is 14.4 Å². The number of hydrogen-bond acceptors (Lipinski definition) is 5. The zero-order valence-electron chi connectivity index (χ0n) is 15.6. The lowest BCUT2D eigenvalue weighted by Crippen LogP contribution is -2.63. The van der Waals surface area contributed by atoms with Gasteiger partial charge in [0.05, 0.1) is 18.3 Å². The van der Waals surface area contributed by atoms with E-state index >= 15 is 0 Å². The highest BCUT2D eigenvalue weighted by Crippen LogP contribution is 2.37. The van der Waals surface area contributed by atoms with Gasteiger partial charge in [-0.1, -0.05) is 18.2 Å². The summed E-state index contributed by atoms with van der Waals surface area (Å²) in [7, 11) is 1.55. The summed E-state index contributed by atoms with van der Waals surface area (Å²) in [4.78, 5) is 41.2. The Labute approximate surface area is 162 Å². The standard InChI is InChI=1S/C19H23N3O4S/c1-12-5-4-6-14(13(12)2)22-18(24)17-15(7-10-27-17)21(19(22)25)11-16(23)20-8-9-26-3/h4-7,10,15,17H,8-9,11H2,1-3H3,(H,20,23). The minimum absolute atomic E-state index is 0.108. The van der Waals surface area contributed by atoms with Gasteiger partial charge in [0.2, 0.25) is 5.91 Å². The third kappa shape index (κ3) is 3.72. The number of nitrogens with one attached hydrogen (secondary N) is 1. The minimum Gasteiger partial charge on any atom is -0.383 e. The summed E-state index contributed by atoms with van der Waals surface area (Å²) in [6, 6.07) is 4.65. The van der Waals surface area contributed by atoms with Crippen LogP contribution in [0.4, 0.5) is 10.5 Å². The number of aryl methyl sites for hydroxylation is 1. The predicted molar refractivity (Wildman–Crippen MR) is 105 cm³/mol. The van der Waals surface area contributed by atoms with Crippen LogP contribution in [-0.4, -0.2) is 60.8 Å². The molecular formula is C19H23N3O4S. The van der Waals surface area contributed by atoms with Crippen LogP contribution in [0.1, 0.15) is 11.1 Å². The number of ether oxygens (including phenoxy) is 1. The molecule has 1 fully saturated rings. The van der Waals surface area contributed by atoms with Crippen molar-refractivity contribution in [3.05, 3.63) is 40.8 Å². The van der Waals surface area contributed by atoms with E-state index in [1.165, 1.54) is 21.6 Å². The Kier molecular flexibility index (Phi) is 5.86. The van der Waals surface area contributed by atoms with Crippen LogP contribution < -0.4 is 10.2 Å². The van der Waals surface area contributed by atoms with Crippen LogP contribution in [0.2, 0.25) is 0 Å². The van der Waals surface area contributed by atoms with Crippen molar-refractivity contribution in [2.45, 2.75) is 25.1 Å². The Hall–Kier alpha value is -2.32. The number of amides is 4. The summed E-state index contributed by atoms with van der Waals surface area (Å²) in [5.41, 5.74) is 2.44. The molecule has 2 aliphatic heterocycles. The number of hydrogen-bond donors (Lipinski definition) is 1. The van der Waals surface area contributed by atoms with E-state index < -0.39 is 17.3 Å². The lowest BCUT2D eigenvalue weighted by molar-refractivity contribution is -0.124. The second kappa shape index (κ2) is 8.14. The largest absolute Gasteiger partial charge is 0.383 e. The number of benzene rings is 1. The molecule has 0 spiro atoms. The van der Waals surface area contributed by atoms with Gasteiger partial charge < -0.3 is 15.0 Å². The maximum Gasteiger partial charge on any atom is 0.332 e. The van der Waals surface area contributed by atoms with Gasteiger partial charge in [-0.25, -0.2) is 9.69 Å². The third-order valence-corrected chi connectivity index (χ3v) is 5.92. The Morgan fingerprint density at radius 1 is 1.30 bits per heavy atom. The number of imide groups is 1. The summed E-state index contributed by atoms with van der Waals surface area (Å²) >= 11 is 1.38. The number of nitrogens with zero attached hydrogens (tertiary/aromatic N) is 2. The molecule has 144 valence electrons. The topological polar surface area (TPSA) is 79.0 Å². The van der Waals surface area contributed by atoms with Gasteiger partial charge in [0.1, 0.15) is 11.8 Å². The van der Waals surface area contributed by atoms with Crippen LogP contribution in [0.15, 0.2) is 29.7 Å². The molecule has 0 aliphatic carbocycles. The van der Waals surface area contributed by atoms with Gasteiger partial charge in [-0.05, 0) is 36.4 Å². The zero-order chi connectivity index (χ0) is 19.6. The van der Waals surface area contributed by atoms with Gasteiger partial charge >= 0.3 is 6.03 Å². The summed E-state index contributed by atoms with van der Waals surface area (Å²) in [6.07, 6.45) is 1.81. The van der Waals surface area contributed by atoms with E-state index in [0.29, 0.717) is 18.8 Å². The van der Waals surface area contributed by atoms with E-state index in [0.717, 1.165) is 11.1 Å². The molecule has 8 heteroatoms. The lowest BCUT2D eigenvalue weighted by Gasteiger charge is -2.41. The number of methoxy groups -OCH3 is 1. The molecule has 0 saturated carbocycles. The predicted octanol–water partition coefficient (Wildman–Crippen LogP) is 1.83. The SMILES string of the molecule is COCCNC(=O)CN1C(=O)N(c2cccc(C)c2C)C(=O)C2SC=CC21. The molecule has 1 N–H and O–H groups in total. The van der Waals surface area contributed by atoms with Gasteiger partial charge in [-0.2, -0.15) is 0 Å². The number of urea groups is 1. The van der Waals surface area contributed by atoms with Crippen LogP contribution >= 0.6 is 11.8 Å². The molecule has 2 unspecified atom stereocenters. The molecule has 0 aromatic heterocycles. The van der Waals surface area contributed by atoms with Gasteiger partial charge in [-0.3, -0.25) is 9.59 Å². The number of rotatable bonds is 6. The highest BCUT2D eigenvalue weighted by atomic mass is 32.2. The fourth-order valence-corrected chi connectivity index (χ4v) is 4.26. The molecule has 3 rings (SSSR count). The maximum absolute atomic E-state index is 13.2. The first-order chi connectivity index (χ1) is 13.0. The quantitative estimate of drug-likeness (QED) is 0.751. The number of thioether (sulfide) groups is 1. The van der Waals surface area contributed by atoms with Crippen molar-refractivity contribution < 1.29 is 19.1 Å². The Balaban J connectivity index is 1.88. The molecule has 0 radical (unpaired) electrons. The normalized spacial score (nSPS) is 21.6. The second-order valence-corrected chi connectivity index (χ2v) is 7.57. The smallest absolute Gasteiger partial charge is 0.332 e. The molecule has 7 nitrogen and oxygen atoms in total. The number of anilines is 1. The molecule has 2 heterocycles. The van der Waals surface area contributed by atoms with Gasteiger partial charge in [0.15, 0.2) is 0 Å². The first-order valence-corrected chi connectivity index (χ1v) is 9.68. The molecule has 1 aromatic carbocycles. The Bertz CT molecular complexity index is 795. The molecule has 0 bridgehead atoms. The maximum atomic E-state index is 13.2. The molecule has 4 amide bonds. The zero-order valence-corrected chi connectivity index (χ0v) is 16.4. The molecule has 1 aromatic rings. The van der Waals surface area contributed by atoms with Crippen LogP contribution in [0.3, 0.4) is 0 Å². The van der Waals surface area contributed by atoms with Crippen molar-refractivity contribution in [1.82, 2.24) is 10.2 Å². The highest BCUT2D eigenvalue weighted by molar-refractivity contribution is 8.03. The minimum atomic E-state index is -0.469. The first-order valence-electron chi connectivity index (χ1n) is 8.74. The fraction of sp³-hybridized carbons (Fsp3) is 0.421. The second-order valence-electron chi connectivity index (χ2n) is 6.52. The van der Waals surface area contributed by atoms with Crippen molar-refractivity contribution in [1.29, 1.82) is 0 Å². The van der Waals surface area contributed by atoms with E-state index in [-0.39, 0.29) is 18.4 Å². The average molecular weight is 389 g/mol. The summed E-state index contributed by atoms with van der Waals surface area (Å²) in [5, 5.41) is 4.11. The molecule has 2 atom stereocenters. The van der Waals surface area contributed by atoms with E-state index in [2.05, 4.69) is 5.32 Å². The molecular weight excluding hydrogens is 366 g/mol. The van der Waals surface area contributed by atoms with Gasteiger partial charge in [-0.15, -0.1) is 11.8 Å². The van der Waals surface area contributed by atoms with Gasteiger partial charge in [0.25, 0.3) is 5.91 Å². The number of fused-ring (bicyclic) bond motifs is 1. The lowest BCUT2D eigenvalue weighted by atomic mass is 10.0. The van der Waals surface area contributed by atoms with Crippen LogP contribution in [0.5, 0.6) is 0 Å². The Morgan fingerprint density at radius 2 is 2.07 bits per heavy atom. The van der Waals surface area contributed by atoms with Crippen LogP contribution in [0.25, 0.3) is 0 Å². The van der Waals surface area contributed by atoms with Crippen molar-refractivity contribution in [2.24, 2.45) is 0 Å². The summed E-state index contributed by atoms with van der Waals surface area (Å²) in [5.74, 6) is -0.524. The molecule has 1 saturated heterocycles. The van der Waals surface area contributed by atoms with Crippen molar-refractivity contribution in [3.63, 3.8) is 0 Å². The Morgan fingerprint density at radius 3 is 2.81 bits per heavy atom. The summed E-state index contributed by atoms with van der Waals surface area (Å²) in [6.45, 7) is 4.49. The van der Waals surface area contributed by atoms with Crippen molar-refractivity contribution in [3.8, 4) is 0 Å². The first kappa shape index (κ1) is 19.4. The fourth-order valence-electron chi connectivity index (χ4n) is 3.22. The van der Waals surface area contributed by atoms with Crippen molar-refractivity contribution >= 4 is 35.3 Å². The van der Waals surface area contributed by atoms with E-state index in [1.807, 2.05) is 37.5 Å². The average Bonchev–Trinajstić information content (AvgIpc) is 3.12. The van der Waals surface area contributed by atoms with Crippen LogP contribution in [-0.2, 0) is 14.3 Å². The monoisotopic (exact) mass is 389 g/mol. The third-order valence-electron chi connectivity index (χ3n) is 4.83. The number of carbonyl (C=O) groups excluding carboxylic acids is 3. The number of carbonyl (C=O) groups is 3. The molecule has 2 aliphatic rings. The van der Waals surface area contributed by atoms with E-state index in [4.69, 9.17) is 4.74 Å².